The highest BCUT2D eigenvalue weighted by atomic mass is 16.2. The van der Waals surface area contributed by atoms with Crippen molar-refractivity contribution in [2.45, 2.75) is 13.5 Å². The number of para-hydroxylation sites is 3. The highest BCUT2D eigenvalue weighted by Crippen LogP contribution is 2.37. The number of hydrogen-bond acceptors (Lipinski definition) is 2. The first-order valence-electron chi connectivity index (χ1n) is 12.5. The van der Waals surface area contributed by atoms with E-state index in [0.29, 0.717) is 5.57 Å². The number of rotatable bonds is 4. The fraction of sp³-hybridized carbons (Fsp3) is 0.0625. The molecule has 5 nitrogen and oxygen atoms in total. The van der Waals surface area contributed by atoms with Crippen LogP contribution < -0.4 is 5.32 Å². The van der Waals surface area contributed by atoms with E-state index in [4.69, 9.17) is 5.10 Å². The monoisotopic (exact) mass is 480 g/mol. The van der Waals surface area contributed by atoms with E-state index in [1.54, 1.807) is 0 Å². The lowest BCUT2D eigenvalue weighted by molar-refractivity contribution is -0.110. The number of hydrogen-bond donors (Lipinski definition) is 1. The Morgan fingerprint density at radius 2 is 1.59 bits per heavy atom. The zero-order valence-corrected chi connectivity index (χ0v) is 20.3. The fourth-order valence-electron chi connectivity index (χ4n) is 5.41. The molecule has 0 unspecified atom stereocenters. The summed E-state index contributed by atoms with van der Waals surface area (Å²) in [4.78, 5) is 12.9. The van der Waals surface area contributed by atoms with Crippen molar-refractivity contribution in [1.29, 1.82) is 0 Å². The molecule has 1 amide bonds. The van der Waals surface area contributed by atoms with E-state index in [1.807, 2.05) is 71.6 Å². The number of anilines is 1. The molecule has 0 atom stereocenters. The van der Waals surface area contributed by atoms with E-state index < -0.39 is 0 Å². The Morgan fingerprint density at radius 3 is 2.46 bits per heavy atom. The second kappa shape index (κ2) is 8.35. The van der Waals surface area contributed by atoms with Crippen molar-refractivity contribution in [1.82, 2.24) is 14.3 Å². The van der Waals surface area contributed by atoms with Crippen molar-refractivity contribution in [3.05, 3.63) is 114 Å². The van der Waals surface area contributed by atoms with Crippen LogP contribution in [0.3, 0.4) is 0 Å². The molecule has 6 aromatic rings. The molecule has 0 saturated carbocycles. The summed E-state index contributed by atoms with van der Waals surface area (Å²) in [5, 5.41) is 10.4. The summed E-state index contributed by atoms with van der Waals surface area (Å²) in [5.74, 6) is -0.0962. The molecule has 0 spiro atoms. The lowest BCUT2D eigenvalue weighted by Gasteiger charge is -2.04. The largest absolute Gasteiger partial charge is 0.341 e. The van der Waals surface area contributed by atoms with Gasteiger partial charge in [0.1, 0.15) is 0 Å². The summed E-state index contributed by atoms with van der Waals surface area (Å²) in [6.45, 7) is 3.08. The standard InChI is InChI=1S/C32H24N4O/c1-2-35-29-15-9-7-13-25(29)26-18-21(16-17-30(26)35)31-22(20-36(34-31)23-10-4-3-5-11-23)19-27-24-12-6-8-14-28(24)33-32(27)37/h3-20H,2H2,1H3,(H,33,37). The van der Waals surface area contributed by atoms with Crippen LogP contribution in [0.15, 0.2) is 103 Å². The van der Waals surface area contributed by atoms with Gasteiger partial charge in [0.2, 0.25) is 0 Å². The van der Waals surface area contributed by atoms with Gasteiger partial charge in [0, 0.05) is 62.5 Å². The molecule has 2 aromatic heterocycles. The van der Waals surface area contributed by atoms with Crippen LogP contribution in [0.2, 0.25) is 0 Å². The quantitative estimate of drug-likeness (QED) is 0.272. The Balaban J connectivity index is 1.46. The molecule has 178 valence electrons. The predicted octanol–water partition coefficient (Wildman–Crippen LogP) is 7.16. The van der Waals surface area contributed by atoms with Gasteiger partial charge in [-0.25, -0.2) is 4.68 Å². The van der Waals surface area contributed by atoms with Crippen molar-refractivity contribution in [3.63, 3.8) is 0 Å². The molecule has 4 aromatic carbocycles. The number of nitrogens with one attached hydrogen (secondary N) is 1. The molecule has 1 aliphatic rings. The second-order valence-electron chi connectivity index (χ2n) is 9.26. The van der Waals surface area contributed by atoms with Crippen molar-refractivity contribution in [3.8, 4) is 16.9 Å². The van der Waals surface area contributed by atoms with Gasteiger partial charge in [-0.1, -0.05) is 60.7 Å². The van der Waals surface area contributed by atoms with Crippen LogP contribution in [-0.4, -0.2) is 20.3 Å². The summed E-state index contributed by atoms with van der Waals surface area (Å²) in [5.41, 5.74) is 8.54. The van der Waals surface area contributed by atoms with Gasteiger partial charge < -0.3 is 9.88 Å². The number of amides is 1. The molecule has 5 heteroatoms. The van der Waals surface area contributed by atoms with Gasteiger partial charge in [-0.15, -0.1) is 0 Å². The molecule has 0 fully saturated rings. The number of benzene rings is 4. The number of nitrogens with zero attached hydrogens (tertiary/aromatic N) is 3. The minimum Gasteiger partial charge on any atom is -0.341 e. The van der Waals surface area contributed by atoms with Gasteiger partial charge in [-0.2, -0.15) is 5.10 Å². The fourth-order valence-corrected chi connectivity index (χ4v) is 5.41. The molecule has 0 radical (unpaired) electrons. The van der Waals surface area contributed by atoms with Gasteiger partial charge in [-0.05, 0) is 49.4 Å². The normalized spacial score (nSPS) is 14.0. The third kappa shape index (κ3) is 3.39. The van der Waals surface area contributed by atoms with Crippen LogP contribution in [0.25, 0.3) is 50.4 Å². The average molecular weight is 481 g/mol. The zero-order valence-electron chi connectivity index (χ0n) is 20.3. The minimum absolute atomic E-state index is 0.0962. The molecule has 0 saturated heterocycles. The maximum Gasteiger partial charge on any atom is 0.256 e. The third-order valence-electron chi connectivity index (χ3n) is 7.14. The highest BCUT2D eigenvalue weighted by Gasteiger charge is 2.25. The van der Waals surface area contributed by atoms with Crippen molar-refractivity contribution < 1.29 is 4.79 Å². The summed E-state index contributed by atoms with van der Waals surface area (Å²) < 4.78 is 4.24. The maximum absolute atomic E-state index is 12.9. The Labute approximate surface area is 214 Å². The molecule has 3 heterocycles. The van der Waals surface area contributed by atoms with Crippen molar-refractivity contribution in [2.75, 3.05) is 5.32 Å². The molecule has 0 aliphatic carbocycles. The summed E-state index contributed by atoms with van der Waals surface area (Å²) in [6, 6.07) is 32.9. The minimum atomic E-state index is -0.0962. The van der Waals surface area contributed by atoms with Gasteiger partial charge in [0.05, 0.1) is 11.4 Å². The zero-order chi connectivity index (χ0) is 24.9. The van der Waals surface area contributed by atoms with Crippen LogP contribution in [0.4, 0.5) is 5.69 Å². The van der Waals surface area contributed by atoms with E-state index in [2.05, 4.69) is 59.3 Å². The van der Waals surface area contributed by atoms with Crippen LogP contribution >= 0.6 is 0 Å². The van der Waals surface area contributed by atoms with Crippen LogP contribution in [0, 0.1) is 0 Å². The van der Waals surface area contributed by atoms with Gasteiger partial charge in [-0.3, -0.25) is 4.79 Å². The smallest absolute Gasteiger partial charge is 0.256 e. The number of fused-ring (bicyclic) bond motifs is 4. The Morgan fingerprint density at radius 1 is 0.838 bits per heavy atom. The maximum atomic E-state index is 12.9. The molecular weight excluding hydrogens is 456 g/mol. The van der Waals surface area contributed by atoms with Crippen LogP contribution in [0.1, 0.15) is 18.1 Å². The first-order valence-corrected chi connectivity index (χ1v) is 12.5. The first kappa shape index (κ1) is 21.4. The van der Waals surface area contributed by atoms with Gasteiger partial charge >= 0.3 is 0 Å². The first-order chi connectivity index (χ1) is 18.2. The summed E-state index contributed by atoms with van der Waals surface area (Å²) >= 11 is 0. The second-order valence-corrected chi connectivity index (χ2v) is 9.26. The topological polar surface area (TPSA) is 51.9 Å². The van der Waals surface area contributed by atoms with Crippen LogP contribution in [-0.2, 0) is 11.3 Å². The SMILES string of the molecule is CCn1c2ccccc2c2cc(-c3nn(-c4ccccc4)cc3C=C3C(=O)Nc4ccccc43)ccc21. The molecule has 0 bridgehead atoms. The molecule has 1 N–H and O–H groups in total. The Hall–Kier alpha value is -4.90. The van der Waals surface area contributed by atoms with Gasteiger partial charge in [0.15, 0.2) is 0 Å². The Kier molecular flexibility index (Phi) is 4.83. The molecule has 7 rings (SSSR count). The molecule has 37 heavy (non-hydrogen) atoms. The third-order valence-corrected chi connectivity index (χ3v) is 7.14. The van der Waals surface area contributed by atoms with Crippen LogP contribution in [0.5, 0.6) is 0 Å². The van der Waals surface area contributed by atoms with E-state index >= 15 is 0 Å². The van der Waals surface area contributed by atoms with E-state index in [-0.39, 0.29) is 5.91 Å². The average Bonchev–Trinajstić information content (AvgIpc) is 3.61. The van der Waals surface area contributed by atoms with E-state index in [0.717, 1.165) is 40.3 Å². The molecular formula is C32H24N4O. The highest BCUT2D eigenvalue weighted by molar-refractivity contribution is 6.35. The number of aromatic nitrogens is 3. The van der Waals surface area contributed by atoms with Gasteiger partial charge in [0.25, 0.3) is 5.91 Å². The van der Waals surface area contributed by atoms with E-state index in [1.165, 1.54) is 21.8 Å². The predicted molar refractivity (Wildman–Crippen MR) is 151 cm³/mol. The lowest BCUT2D eigenvalue weighted by Crippen LogP contribution is -2.03. The lowest BCUT2D eigenvalue weighted by atomic mass is 10.0. The van der Waals surface area contributed by atoms with Crippen molar-refractivity contribution in [2.24, 2.45) is 0 Å². The summed E-state index contributed by atoms with van der Waals surface area (Å²) in [6.07, 6.45) is 3.97. The number of carbonyl (C=O) groups excluding carboxylic acids is 1. The van der Waals surface area contributed by atoms with Crippen molar-refractivity contribution >= 4 is 45.0 Å². The summed E-state index contributed by atoms with van der Waals surface area (Å²) in [7, 11) is 0. The van der Waals surface area contributed by atoms with E-state index in [9.17, 15) is 4.79 Å². The number of aryl methyl sites for hydroxylation is 1. The number of carbonyl (C=O) groups is 1. The molecule has 1 aliphatic heterocycles. The Bertz CT molecular complexity index is 1860.